The molecule has 252 valence electrons. The van der Waals surface area contributed by atoms with Gasteiger partial charge >= 0.3 is 12.2 Å². The Bertz CT molecular complexity index is 1500. The monoisotopic (exact) mass is 683 g/mol. The van der Waals surface area contributed by atoms with Gasteiger partial charge in [-0.15, -0.1) is 11.8 Å². The molecule has 2 aromatic carbocycles. The highest BCUT2D eigenvalue weighted by molar-refractivity contribution is 7.98. The maximum Gasteiger partial charge on any atom is 0.416 e. The first-order valence-electron chi connectivity index (χ1n) is 15.3. The summed E-state index contributed by atoms with van der Waals surface area (Å²) in [4.78, 5) is 43.5. The molecule has 0 aromatic heterocycles. The molecule has 2 heterocycles. The summed E-state index contributed by atoms with van der Waals surface area (Å²) in [6, 6.07) is 7.51. The van der Waals surface area contributed by atoms with Crippen LogP contribution in [0.1, 0.15) is 54.9 Å². The van der Waals surface area contributed by atoms with Crippen LogP contribution >= 0.6 is 11.8 Å². The largest absolute Gasteiger partial charge is 0.416 e. The van der Waals surface area contributed by atoms with Gasteiger partial charge in [0.2, 0.25) is 5.91 Å². The third-order valence-corrected chi connectivity index (χ3v) is 10.7. The topological polar surface area (TPSA) is 128 Å². The zero-order chi connectivity index (χ0) is 33.5. The molecule has 10 nitrogen and oxygen atoms in total. The van der Waals surface area contributed by atoms with Gasteiger partial charge in [-0.05, 0) is 93.9 Å². The number of thioether (sulfide) groups is 1. The number of anilines is 1. The van der Waals surface area contributed by atoms with Gasteiger partial charge in [-0.3, -0.25) is 14.5 Å². The van der Waals surface area contributed by atoms with Crippen LogP contribution in [0.4, 0.5) is 23.7 Å². The Kier molecular flexibility index (Phi) is 12.0. The third-order valence-electron chi connectivity index (χ3n) is 8.20. The summed E-state index contributed by atoms with van der Waals surface area (Å²) in [5.74, 6) is -1.80. The molecule has 1 unspecified atom stereocenters. The van der Waals surface area contributed by atoms with Gasteiger partial charge in [0.05, 0.1) is 34.0 Å². The fraction of sp³-hybridized carbons (Fsp3) is 0.516. The molecule has 2 aliphatic rings. The Morgan fingerprint density at radius 3 is 2.33 bits per heavy atom. The molecular formula is C31H40F3N5O5S2. The number of hydrogen-bond acceptors (Lipinski definition) is 7. The number of hydrogen-bond donors (Lipinski definition) is 3. The maximum atomic E-state index is 13.5. The van der Waals surface area contributed by atoms with E-state index in [2.05, 4.69) is 20.9 Å². The minimum atomic E-state index is -4.73. The molecule has 2 aromatic rings. The van der Waals surface area contributed by atoms with E-state index in [0.29, 0.717) is 38.7 Å². The summed E-state index contributed by atoms with van der Waals surface area (Å²) < 4.78 is 67.3. The van der Waals surface area contributed by atoms with Crippen LogP contribution in [0.2, 0.25) is 0 Å². The Labute approximate surface area is 271 Å². The van der Waals surface area contributed by atoms with Gasteiger partial charge in [-0.2, -0.15) is 13.2 Å². The summed E-state index contributed by atoms with van der Waals surface area (Å²) in [5, 5.41) is 7.75. The number of nitrogens with one attached hydrogen (secondary N) is 3. The molecule has 0 saturated carbocycles. The lowest BCUT2D eigenvalue weighted by Gasteiger charge is -2.41. The number of sulfone groups is 1. The van der Waals surface area contributed by atoms with Crippen molar-refractivity contribution in [2.24, 2.45) is 0 Å². The second-order valence-electron chi connectivity index (χ2n) is 11.4. The normalized spacial score (nSPS) is 19.1. The third kappa shape index (κ3) is 9.16. The molecule has 0 aliphatic carbocycles. The Morgan fingerprint density at radius 1 is 1.00 bits per heavy atom. The minimum absolute atomic E-state index is 0.110. The van der Waals surface area contributed by atoms with Crippen LogP contribution in [-0.4, -0.2) is 92.9 Å². The van der Waals surface area contributed by atoms with E-state index in [9.17, 15) is 36.0 Å². The van der Waals surface area contributed by atoms with E-state index in [0.717, 1.165) is 42.7 Å². The molecule has 3 N–H and O–H groups in total. The summed E-state index contributed by atoms with van der Waals surface area (Å²) in [7, 11) is -3.71. The van der Waals surface area contributed by atoms with E-state index in [1.54, 1.807) is 24.3 Å². The summed E-state index contributed by atoms with van der Waals surface area (Å²) in [5.41, 5.74) is -1.62. The van der Waals surface area contributed by atoms with Crippen molar-refractivity contribution in [3.63, 3.8) is 0 Å². The molecule has 2 saturated heterocycles. The highest BCUT2D eigenvalue weighted by Crippen LogP contribution is 2.32. The number of amides is 4. The van der Waals surface area contributed by atoms with Crippen LogP contribution in [0.15, 0.2) is 52.3 Å². The number of piperidine rings is 1. The molecule has 2 aliphatic heterocycles. The first kappa shape index (κ1) is 35.6. The van der Waals surface area contributed by atoms with Crippen molar-refractivity contribution >= 4 is 45.1 Å². The number of rotatable bonds is 11. The number of urea groups is 1. The molecule has 2 atom stereocenters. The predicted octanol–water partition coefficient (Wildman–Crippen LogP) is 4.62. The van der Waals surface area contributed by atoms with Crippen LogP contribution in [0.5, 0.6) is 0 Å². The molecule has 0 radical (unpaired) electrons. The van der Waals surface area contributed by atoms with Crippen molar-refractivity contribution in [1.82, 2.24) is 20.4 Å². The predicted molar refractivity (Wildman–Crippen MR) is 171 cm³/mol. The summed E-state index contributed by atoms with van der Waals surface area (Å²) >= 11 is 1.50. The molecular weight excluding hydrogens is 643 g/mol. The quantitative estimate of drug-likeness (QED) is 0.295. The second-order valence-corrected chi connectivity index (χ2v) is 14.4. The van der Waals surface area contributed by atoms with Crippen LogP contribution in [0.25, 0.3) is 0 Å². The van der Waals surface area contributed by atoms with Gasteiger partial charge in [0, 0.05) is 30.1 Å². The number of nitrogens with zero attached hydrogens (tertiary/aromatic N) is 2. The number of carbonyl (C=O) groups excluding carboxylic acids is 3. The minimum Gasteiger partial charge on any atom is -0.350 e. The number of likely N-dealkylation sites (tertiary alicyclic amines) is 2. The van der Waals surface area contributed by atoms with Crippen molar-refractivity contribution in [1.29, 1.82) is 0 Å². The second kappa shape index (κ2) is 15.5. The van der Waals surface area contributed by atoms with Gasteiger partial charge in [-0.25, -0.2) is 13.2 Å². The van der Waals surface area contributed by atoms with Crippen LogP contribution in [0, 0.1) is 0 Å². The van der Waals surface area contributed by atoms with E-state index < -0.39 is 63.6 Å². The van der Waals surface area contributed by atoms with Gasteiger partial charge in [0.1, 0.15) is 0 Å². The van der Waals surface area contributed by atoms with Gasteiger partial charge in [0.25, 0.3) is 5.91 Å². The Hall–Kier alpha value is -3.30. The standard InChI is InChI=1S/C31H40F3N5O5S2/c1-3-14-38-17-6-7-26(27(38)20-46(43,44)23-11-9-22(45-2)10-12-23)36-28(40)19-35-29(41)24-18-21(31(32,33)34)8-13-25(24)37-30(42)39-15-4-5-16-39/h8-13,18,26-27H,3-7,14-17,19-20H2,1-2H3,(H,35,41)(H,36,40)(H,37,42)/t26-,27?/m1/s1. The molecule has 2 fully saturated rings. The number of halogens is 3. The lowest BCUT2D eigenvalue weighted by Crippen LogP contribution is -2.59. The number of benzene rings is 2. The van der Waals surface area contributed by atoms with Crippen molar-refractivity contribution < 1.29 is 36.0 Å². The van der Waals surface area contributed by atoms with Crippen LogP contribution < -0.4 is 16.0 Å². The van der Waals surface area contributed by atoms with Gasteiger partial charge < -0.3 is 20.9 Å². The fourth-order valence-electron chi connectivity index (χ4n) is 5.83. The van der Waals surface area contributed by atoms with Crippen molar-refractivity contribution in [2.75, 3.05) is 50.0 Å². The average molecular weight is 684 g/mol. The van der Waals surface area contributed by atoms with E-state index in [-0.39, 0.29) is 16.3 Å². The molecule has 4 amide bonds. The Balaban J connectivity index is 1.46. The first-order valence-corrected chi connectivity index (χ1v) is 18.2. The zero-order valence-corrected chi connectivity index (χ0v) is 27.5. The van der Waals surface area contributed by atoms with Crippen molar-refractivity contribution in [3.05, 3.63) is 53.6 Å². The summed E-state index contributed by atoms with van der Waals surface area (Å²) in [6.07, 6.45) is 0.795. The van der Waals surface area contributed by atoms with E-state index >= 15 is 0 Å². The van der Waals surface area contributed by atoms with Crippen LogP contribution in [0.3, 0.4) is 0 Å². The van der Waals surface area contributed by atoms with E-state index in [1.807, 2.05) is 13.2 Å². The SMILES string of the molecule is CCCN1CCC[C@@H](NC(=O)CNC(=O)c2cc(C(F)(F)F)ccc2NC(=O)N2CCCC2)C1CS(=O)(=O)c1ccc(SC)cc1. The van der Waals surface area contributed by atoms with Gasteiger partial charge in [0.15, 0.2) is 9.84 Å². The van der Waals surface area contributed by atoms with Crippen molar-refractivity contribution in [2.45, 2.75) is 67.1 Å². The Morgan fingerprint density at radius 2 is 1.70 bits per heavy atom. The van der Waals surface area contributed by atoms with Crippen LogP contribution in [-0.2, 0) is 20.8 Å². The summed E-state index contributed by atoms with van der Waals surface area (Å²) in [6.45, 7) is 3.73. The molecule has 0 bridgehead atoms. The molecule has 15 heteroatoms. The van der Waals surface area contributed by atoms with Gasteiger partial charge in [-0.1, -0.05) is 6.92 Å². The maximum absolute atomic E-state index is 13.5. The fourth-order valence-corrected chi connectivity index (χ4v) is 7.88. The van der Waals surface area contributed by atoms with Crippen molar-refractivity contribution in [3.8, 4) is 0 Å². The first-order chi connectivity index (χ1) is 21.8. The zero-order valence-electron chi connectivity index (χ0n) is 25.9. The smallest absolute Gasteiger partial charge is 0.350 e. The molecule has 0 spiro atoms. The lowest BCUT2D eigenvalue weighted by molar-refractivity contribution is -0.137. The molecule has 46 heavy (non-hydrogen) atoms. The number of carbonyl (C=O) groups is 3. The molecule has 4 rings (SSSR count). The highest BCUT2D eigenvalue weighted by Gasteiger charge is 2.36. The lowest BCUT2D eigenvalue weighted by atomic mass is 9.97. The van der Waals surface area contributed by atoms with E-state index in [4.69, 9.17) is 0 Å². The van der Waals surface area contributed by atoms with E-state index in [1.165, 1.54) is 16.7 Å². The highest BCUT2D eigenvalue weighted by atomic mass is 32.2. The number of alkyl halides is 3. The average Bonchev–Trinajstić information content (AvgIpc) is 3.57.